The van der Waals surface area contributed by atoms with E-state index in [1.54, 1.807) is 12.4 Å². The summed E-state index contributed by atoms with van der Waals surface area (Å²) in [4.78, 5) is 4.11. The minimum Gasteiger partial charge on any atom is -0.409 e. The molecule has 0 bridgehead atoms. The van der Waals surface area contributed by atoms with Gasteiger partial charge in [-0.2, -0.15) is 0 Å². The molecule has 1 heterocycles. The molecule has 2 rings (SSSR count). The largest absolute Gasteiger partial charge is 0.409 e. The number of halogens is 2. The summed E-state index contributed by atoms with van der Waals surface area (Å²) in [6, 6.07) is 3.70. The highest BCUT2D eigenvalue weighted by Gasteiger charge is 2.36. The molecule has 1 saturated carbocycles. The second-order valence-electron chi connectivity index (χ2n) is 8.80. The Morgan fingerprint density at radius 2 is 1.64 bits per heavy atom. The average Bonchev–Trinajstić information content (AvgIpc) is 2.59. The molecule has 160 valence electrons. The predicted molar refractivity (Wildman–Crippen MR) is 121 cm³/mol. The first-order valence-electron chi connectivity index (χ1n) is 10.5. The van der Waals surface area contributed by atoms with Crippen molar-refractivity contribution in [2.24, 2.45) is 0 Å². The zero-order chi connectivity index (χ0) is 20.9. The topological polar surface area (TPSA) is 43.4 Å². The normalized spacial score (nSPS) is 21.4. The van der Waals surface area contributed by atoms with E-state index in [1.165, 1.54) is 0 Å². The summed E-state index contributed by atoms with van der Waals surface area (Å²) in [6.07, 6.45) is 5.54. The Kier molecular flexibility index (Phi) is 8.80. The van der Waals surface area contributed by atoms with Crippen LogP contribution in [-0.4, -0.2) is 37.6 Å². The Morgan fingerprint density at radius 1 is 1.11 bits per heavy atom. The first-order valence-corrected chi connectivity index (χ1v) is 13.8. The fourth-order valence-corrected chi connectivity index (χ4v) is 7.25. The van der Waals surface area contributed by atoms with Crippen LogP contribution in [0, 0.1) is 0 Å². The van der Waals surface area contributed by atoms with Gasteiger partial charge >= 0.3 is 0 Å². The van der Waals surface area contributed by atoms with Crippen molar-refractivity contribution in [3.8, 4) is 0 Å². The van der Waals surface area contributed by atoms with Gasteiger partial charge in [-0.3, -0.25) is 4.98 Å². The molecule has 0 aliphatic heterocycles. The van der Waals surface area contributed by atoms with Crippen molar-refractivity contribution in [1.29, 1.82) is 0 Å². The van der Waals surface area contributed by atoms with Gasteiger partial charge in [0, 0.05) is 30.5 Å². The van der Waals surface area contributed by atoms with Crippen molar-refractivity contribution in [2.75, 3.05) is 6.54 Å². The van der Waals surface area contributed by atoms with Gasteiger partial charge in [-0.05, 0) is 51.7 Å². The van der Waals surface area contributed by atoms with E-state index in [0.717, 1.165) is 36.5 Å². The van der Waals surface area contributed by atoms with Gasteiger partial charge in [0.05, 0.1) is 27.9 Å². The highest BCUT2D eigenvalue weighted by molar-refractivity contribution is 6.73. The maximum atomic E-state index is 6.81. The summed E-state index contributed by atoms with van der Waals surface area (Å²) in [5.74, 6) is 0. The lowest BCUT2D eigenvalue weighted by molar-refractivity contribution is -0.103. The number of pyridine rings is 1. The Labute approximate surface area is 181 Å². The molecule has 1 aromatic heterocycles. The van der Waals surface area contributed by atoms with Crippen molar-refractivity contribution in [3.05, 3.63) is 28.0 Å². The number of nitrogens with zero attached hydrogens (tertiary/aromatic N) is 1. The lowest BCUT2D eigenvalue weighted by Gasteiger charge is -2.41. The minimum absolute atomic E-state index is 0.0893. The standard InChI is InChI=1S/C21H36Cl2N2O2Si/c1-7-28(8-2,9-3)27-19(20-17(22)12-24-13-18(20)23)14-25-15-10-16(11-15)26-21(4,5)6/h12-13,15-16,19,25H,7-11,14H2,1-6H3/t15-,16+,19?. The smallest absolute Gasteiger partial charge is 0.192 e. The van der Waals surface area contributed by atoms with Crippen molar-refractivity contribution < 1.29 is 9.16 Å². The molecule has 1 unspecified atom stereocenters. The molecule has 1 aliphatic rings. The Bertz CT molecular complexity index is 601. The molecule has 1 N–H and O–H groups in total. The monoisotopic (exact) mass is 446 g/mol. The molecule has 0 amide bonds. The maximum Gasteiger partial charge on any atom is 0.192 e. The van der Waals surface area contributed by atoms with Gasteiger partial charge < -0.3 is 14.5 Å². The number of hydrogen-bond donors (Lipinski definition) is 1. The predicted octanol–water partition coefficient (Wildman–Crippen LogP) is 6.39. The van der Waals surface area contributed by atoms with Gasteiger partial charge in [-0.25, -0.2) is 0 Å². The Morgan fingerprint density at radius 3 is 2.11 bits per heavy atom. The Balaban J connectivity index is 2.08. The Hall–Kier alpha value is -0.173. The van der Waals surface area contributed by atoms with E-state index in [2.05, 4.69) is 51.8 Å². The maximum absolute atomic E-state index is 6.81. The van der Waals surface area contributed by atoms with Gasteiger partial charge in [0.15, 0.2) is 8.32 Å². The number of nitrogens with one attached hydrogen (secondary N) is 1. The lowest BCUT2D eigenvalue weighted by atomic mass is 9.88. The van der Waals surface area contributed by atoms with Crippen LogP contribution in [0.5, 0.6) is 0 Å². The van der Waals surface area contributed by atoms with E-state index < -0.39 is 8.32 Å². The second-order valence-corrected chi connectivity index (χ2v) is 14.3. The van der Waals surface area contributed by atoms with E-state index in [-0.39, 0.29) is 11.7 Å². The van der Waals surface area contributed by atoms with Gasteiger partial charge in [0.25, 0.3) is 0 Å². The SMILES string of the molecule is CC[Si](CC)(CC)OC(CN[C@H]1C[C@@H](OC(C)(C)C)C1)c1c(Cl)cncc1Cl. The van der Waals surface area contributed by atoms with Crippen molar-refractivity contribution in [1.82, 2.24) is 10.3 Å². The molecule has 0 aromatic carbocycles. The molecule has 0 radical (unpaired) electrons. The van der Waals surface area contributed by atoms with Gasteiger partial charge in [-0.15, -0.1) is 0 Å². The van der Waals surface area contributed by atoms with Crippen LogP contribution in [0.4, 0.5) is 0 Å². The molecular formula is C21H36Cl2N2O2Si. The zero-order valence-electron chi connectivity index (χ0n) is 18.1. The number of ether oxygens (including phenoxy) is 1. The molecule has 1 aliphatic carbocycles. The fourth-order valence-electron chi connectivity index (χ4n) is 3.84. The van der Waals surface area contributed by atoms with Gasteiger partial charge in [0.1, 0.15) is 0 Å². The third-order valence-corrected chi connectivity index (χ3v) is 11.0. The first kappa shape index (κ1) is 24.1. The minimum atomic E-state index is -1.82. The van der Waals surface area contributed by atoms with Crippen LogP contribution in [-0.2, 0) is 9.16 Å². The summed E-state index contributed by atoms with van der Waals surface area (Å²) < 4.78 is 12.9. The molecule has 0 saturated heterocycles. The molecule has 1 atom stereocenters. The van der Waals surface area contributed by atoms with E-state index in [9.17, 15) is 0 Å². The van der Waals surface area contributed by atoms with E-state index >= 15 is 0 Å². The number of rotatable bonds is 10. The highest BCUT2D eigenvalue weighted by Crippen LogP contribution is 2.37. The summed E-state index contributed by atoms with van der Waals surface area (Å²) >= 11 is 13.0. The number of aromatic nitrogens is 1. The molecule has 7 heteroatoms. The summed E-state index contributed by atoms with van der Waals surface area (Å²) in [7, 11) is -1.82. The second kappa shape index (κ2) is 10.2. The third-order valence-electron chi connectivity index (χ3n) is 5.74. The van der Waals surface area contributed by atoms with Crippen molar-refractivity contribution in [2.45, 2.75) is 96.4 Å². The van der Waals surface area contributed by atoms with Crippen LogP contribution in [0.15, 0.2) is 12.4 Å². The van der Waals surface area contributed by atoms with E-state index in [1.807, 2.05) is 0 Å². The fraction of sp³-hybridized carbons (Fsp3) is 0.762. The summed E-state index contributed by atoms with van der Waals surface area (Å²) in [6.45, 7) is 13.7. The zero-order valence-corrected chi connectivity index (χ0v) is 20.7. The van der Waals surface area contributed by atoms with Gasteiger partial charge in [0.2, 0.25) is 0 Å². The average molecular weight is 448 g/mol. The van der Waals surface area contributed by atoms with Crippen LogP contribution >= 0.6 is 23.2 Å². The number of hydrogen-bond acceptors (Lipinski definition) is 4. The van der Waals surface area contributed by atoms with Crippen LogP contribution < -0.4 is 5.32 Å². The molecule has 28 heavy (non-hydrogen) atoms. The molecule has 4 nitrogen and oxygen atoms in total. The van der Waals surface area contributed by atoms with Crippen molar-refractivity contribution in [3.63, 3.8) is 0 Å². The highest BCUT2D eigenvalue weighted by atomic mass is 35.5. The van der Waals surface area contributed by atoms with Gasteiger partial charge in [-0.1, -0.05) is 44.0 Å². The third kappa shape index (κ3) is 6.41. The summed E-state index contributed by atoms with van der Waals surface area (Å²) in [5.41, 5.74) is 0.772. The molecular weight excluding hydrogens is 411 g/mol. The molecule has 1 aromatic rings. The first-order chi connectivity index (χ1) is 13.1. The van der Waals surface area contributed by atoms with Crippen LogP contribution in [0.2, 0.25) is 28.2 Å². The van der Waals surface area contributed by atoms with E-state index in [0.29, 0.717) is 28.7 Å². The summed E-state index contributed by atoms with van der Waals surface area (Å²) in [5, 5.41) is 4.82. The van der Waals surface area contributed by atoms with Crippen LogP contribution in [0.1, 0.15) is 66.1 Å². The van der Waals surface area contributed by atoms with E-state index in [4.69, 9.17) is 32.4 Å². The molecule has 0 spiro atoms. The van der Waals surface area contributed by atoms with Crippen molar-refractivity contribution >= 4 is 31.5 Å². The molecule has 1 fully saturated rings. The van der Waals surface area contributed by atoms with Crippen LogP contribution in [0.3, 0.4) is 0 Å². The quantitative estimate of drug-likeness (QED) is 0.422. The lowest BCUT2D eigenvalue weighted by Crippen LogP contribution is -2.49. The van der Waals surface area contributed by atoms with Crippen LogP contribution in [0.25, 0.3) is 0 Å².